The molecule has 54 valence electrons. The number of piperidine rings is 1. The highest BCUT2D eigenvalue weighted by Gasteiger charge is 2.27. The molecule has 2 aliphatic heterocycles. The van der Waals surface area contributed by atoms with E-state index >= 15 is 0 Å². The Bertz CT molecular complexity index is 186. The molecule has 0 radical (unpaired) electrons. The lowest BCUT2D eigenvalue weighted by Gasteiger charge is -2.28. The highest BCUT2D eigenvalue weighted by Crippen LogP contribution is 2.25. The normalized spacial score (nSPS) is 31.0. The number of nitrogens with zero attached hydrogens (tertiary/aromatic N) is 1. The van der Waals surface area contributed by atoms with Crippen molar-refractivity contribution in [1.82, 2.24) is 4.90 Å². The van der Waals surface area contributed by atoms with Crippen LogP contribution in [0.3, 0.4) is 0 Å². The van der Waals surface area contributed by atoms with E-state index in [1.165, 1.54) is 6.42 Å². The van der Waals surface area contributed by atoms with Crippen molar-refractivity contribution in [3.8, 4) is 0 Å². The fourth-order valence-corrected chi connectivity index (χ4v) is 1.73. The van der Waals surface area contributed by atoms with Crippen molar-refractivity contribution >= 4 is 5.91 Å². The molecule has 1 amide bonds. The molecule has 2 heterocycles. The first kappa shape index (κ1) is 5.96. The van der Waals surface area contributed by atoms with Crippen molar-refractivity contribution in [2.75, 3.05) is 0 Å². The van der Waals surface area contributed by atoms with Gasteiger partial charge in [0.25, 0.3) is 0 Å². The fraction of sp³-hybridized carbons (Fsp3) is 0.625. The first-order chi connectivity index (χ1) is 4.88. The summed E-state index contributed by atoms with van der Waals surface area (Å²) in [6, 6.07) is 0.515. The number of carbonyl (C=O) groups is 1. The van der Waals surface area contributed by atoms with Gasteiger partial charge in [-0.05, 0) is 19.3 Å². The lowest BCUT2D eigenvalue weighted by atomic mass is 10.0. The largest absolute Gasteiger partial charge is 0.316 e. The second-order valence-corrected chi connectivity index (χ2v) is 2.97. The number of hydrogen-bond acceptors (Lipinski definition) is 1. The van der Waals surface area contributed by atoms with Gasteiger partial charge in [0.05, 0.1) is 0 Å². The molecule has 0 bridgehead atoms. The van der Waals surface area contributed by atoms with E-state index < -0.39 is 0 Å². The molecule has 2 nitrogen and oxygen atoms in total. The van der Waals surface area contributed by atoms with Crippen molar-refractivity contribution < 1.29 is 4.79 Å². The van der Waals surface area contributed by atoms with Gasteiger partial charge in [-0.25, -0.2) is 0 Å². The van der Waals surface area contributed by atoms with E-state index in [2.05, 4.69) is 6.08 Å². The van der Waals surface area contributed by atoms with Gasteiger partial charge in [0.2, 0.25) is 5.91 Å². The SMILES string of the molecule is O=C1CCCC2CC=CN12. The summed E-state index contributed by atoms with van der Waals surface area (Å²) in [7, 11) is 0. The van der Waals surface area contributed by atoms with Gasteiger partial charge in [0.15, 0.2) is 0 Å². The predicted molar refractivity (Wildman–Crippen MR) is 38.2 cm³/mol. The molecule has 0 N–H and O–H groups in total. The molecule has 1 fully saturated rings. The molecule has 1 unspecified atom stereocenters. The number of carbonyl (C=O) groups excluding carboxylic acids is 1. The third-order valence-electron chi connectivity index (χ3n) is 2.28. The molecule has 2 aliphatic rings. The quantitative estimate of drug-likeness (QED) is 0.492. The number of hydrogen-bond donors (Lipinski definition) is 0. The standard InChI is InChI=1S/C8H11NO/c10-8-5-1-3-7-4-2-6-9(7)8/h2,6-7H,1,3-5H2. The summed E-state index contributed by atoms with van der Waals surface area (Å²) in [6.45, 7) is 0. The van der Waals surface area contributed by atoms with Crippen LogP contribution in [-0.4, -0.2) is 16.8 Å². The lowest BCUT2D eigenvalue weighted by molar-refractivity contribution is -0.132. The summed E-state index contributed by atoms with van der Waals surface area (Å²) < 4.78 is 0. The smallest absolute Gasteiger partial charge is 0.226 e. The fourth-order valence-electron chi connectivity index (χ4n) is 1.73. The Morgan fingerprint density at radius 3 is 3.30 bits per heavy atom. The van der Waals surface area contributed by atoms with Crippen LogP contribution in [-0.2, 0) is 4.79 Å². The van der Waals surface area contributed by atoms with Crippen LogP contribution in [0.25, 0.3) is 0 Å². The van der Waals surface area contributed by atoms with Crippen LogP contribution in [0.5, 0.6) is 0 Å². The molecule has 0 aliphatic carbocycles. The average molecular weight is 137 g/mol. The van der Waals surface area contributed by atoms with E-state index in [1.807, 2.05) is 11.1 Å². The minimum atomic E-state index is 0.310. The maximum Gasteiger partial charge on any atom is 0.226 e. The van der Waals surface area contributed by atoms with Crippen LogP contribution in [0.1, 0.15) is 25.7 Å². The topological polar surface area (TPSA) is 20.3 Å². The molecule has 0 aromatic rings. The van der Waals surface area contributed by atoms with Crippen LogP contribution < -0.4 is 0 Å². The predicted octanol–water partition coefficient (Wildman–Crippen LogP) is 1.28. The summed E-state index contributed by atoms with van der Waals surface area (Å²) in [6.07, 6.45) is 8.13. The monoisotopic (exact) mass is 137 g/mol. The summed E-state index contributed by atoms with van der Waals surface area (Å²) in [4.78, 5) is 13.0. The molecule has 2 heteroatoms. The minimum absolute atomic E-state index is 0.310. The van der Waals surface area contributed by atoms with Crippen LogP contribution in [0.2, 0.25) is 0 Å². The van der Waals surface area contributed by atoms with E-state index in [0.717, 1.165) is 19.3 Å². The minimum Gasteiger partial charge on any atom is -0.316 e. The van der Waals surface area contributed by atoms with E-state index in [-0.39, 0.29) is 0 Å². The molecule has 1 atom stereocenters. The summed E-state index contributed by atoms with van der Waals surface area (Å²) >= 11 is 0. The Morgan fingerprint density at radius 2 is 2.50 bits per heavy atom. The molecular formula is C8H11NO. The third kappa shape index (κ3) is 0.753. The molecule has 0 saturated carbocycles. The number of fused-ring (bicyclic) bond motifs is 1. The van der Waals surface area contributed by atoms with Crippen molar-refractivity contribution in [2.45, 2.75) is 31.7 Å². The van der Waals surface area contributed by atoms with Crippen LogP contribution in [0.4, 0.5) is 0 Å². The molecule has 1 saturated heterocycles. The second-order valence-electron chi connectivity index (χ2n) is 2.97. The van der Waals surface area contributed by atoms with E-state index in [4.69, 9.17) is 0 Å². The van der Waals surface area contributed by atoms with Gasteiger partial charge < -0.3 is 4.90 Å². The van der Waals surface area contributed by atoms with Crippen LogP contribution >= 0.6 is 0 Å². The maximum absolute atomic E-state index is 11.2. The average Bonchev–Trinajstić information content (AvgIpc) is 2.36. The highest BCUT2D eigenvalue weighted by atomic mass is 16.2. The third-order valence-corrected chi connectivity index (χ3v) is 2.28. The first-order valence-electron chi connectivity index (χ1n) is 3.86. The Labute approximate surface area is 60.5 Å². The van der Waals surface area contributed by atoms with Crippen LogP contribution in [0.15, 0.2) is 12.3 Å². The van der Waals surface area contributed by atoms with Gasteiger partial charge in [0.1, 0.15) is 0 Å². The van der Waals surface area contributed by atoms with Gasteiger partial charge in [-0.3, -0.25) is 4.79 Å². The Morgan fingerprint density at radius 1 is 1.60 bits per heavy atom. The number of amides is 1. The van der Waals surface area contributed by atoms with Gasteiger partial charge in [-0.15, -0.1) is 0 Å². The second kappa shape index (κ2) is 2.11. The Hall–Kier alpha value is -0.790. The van der Waals surface area contributed by atoms with Crippen LogP contribution in [0, 0.1) is 0 Å². The lowest BCUT2D eigenvalue weighted by Crippen LogP contribution is -2.36. The molecular weight excluding hydrogens is 126 g/mol. The van der Waals surface area contributed by atoms with Crippen molar-refractivity contribution in [3.05, 3.63) is 12.3 Å². The van der Waals surface area contributed by atoms with Gasteiger partial charge in [0, 0.05) is 18.7 Å². The zero-order valence-electron chi connectivity index (χ0n) is 5.92. The zero-order valence-corrected chi connectivity index (χ0v) is 5.92. The molecule has 10 heavy (non-hydrogen) atoms. The Balaban J connectivity index is 2.16. The first-order valence-corrected chi connectivity index (χ1v) is 3.86. The maximum atomic E-state index is 11.2. The summed E-state index contributed by atoms with van der Waals surface area (Å²) in [5, 5.41) is 0. The molecule has 0 spiro atoms. The molecule has 2 rings (SSSR count). The Kier molecular flexibility index (Phi) is 1.26. The summed E-state index contributed by atoms with van der Waals surface area (Å²) in [5.74, 6) is 0.310. The van der Waals surface area contributed by atoms with Gasteiger partial charge in [-0.1, -0.05) is 6.08 Å². The van der Waals surface area contributed by atoms with Crippen molar-refractivity contribution in [1.29, 1.82) is 0 Å². The number of rotatable bonds is 0. The van der Waals surface area contributed by atoms with E-state index in [9.17, 15) is 4.79 Å². The van der Waals surface area contributed by atoms with Crippen molar-refractivity contribution in [3.63, 3.8) is 0 Å². The summed E-state index contributed by atoms with van der Waals surface area (Å²) in [5.41, 5.74) is 0. The molecule has 0 aromatic carbocycles. The highest BCUT2D eigenvalue weighted by molar-refractivity contribution is 5.78. The van der Waals surface area contributed by atoms with Crippen molar-refractivity contribution in [2.24, 2.45) is 0 Å². The van der Waals surface area contributed by atoms with Gasteiger partial charge in [-0.2, -0.15) is 0 Å². The zero-order chi connectivity index (χ0) is 6.97. The van der Waals surface area contributed by atoms with E-state index in [0.29, 0.717) is 11.9 Å². The van der Waals surface area contributed by atoms with Gasteiger partial charge >= 0.3 is 0 Å². The molecule has 0 aromatic heterocycles. The van der Waals surface area contributed by atoms with E-state index in [1.54, 1.807) is 0 Å².